The van der Waals surface area contributed by atoms with Gasteiger partial charge in [0, 0.05) is 24.0 Å². The Bertz CT molecular complexity index is 961. The number of hydrogen-bond acceptors (Lipinski definition) is 4. The standard InChI is InChI=1S/C19H20ClN5O2/c1-13-8-16(4-5-17(13)20)27-12-24-7-6-18(23-24)19(26)22-15-9-21-25(11-15)10-14-2-3-14/h4-9,11,14H,2-3,10,12H2,1H3,(H,22,26). The van der Waals surface area contributed by atoms with Gasteiger partial charge in [-0.2, -0.15) is 10.2 Å². The van der Waals surface area contributed by atoms with E-state index >= 15 is 0 Å². The van der Waals surface area contributed by atoms with E-state index in [1.807, 2.05) is 23.9 Å². The molecular formula is C19H20ClN5O2. The first-order valence-corrected chi connectivity index (χ1v) is 9.21. The summed E-state index contributed by atoms with van der Waals surface area (Å²) in [6.07, 6.45) is 7.73. The highest BCUT2D eigenvalue weighted by molar-refractivity contribution is 6.31. The van der Waals surface area contributed by atoms with Crippen LogP contribution in [0.15, 0.2) is 42.9 Å². The van der Waals surface area contributed by atoms with Crippen molar-refractivity contribution >= 4 is 23.2 Å². The summed E-state index contributed by atoms with van der Waals surface area (Å²) in [5.74, 6) is 1.15. The molecule has 1 aliphatic rings. The average Bonchev–Trinajstić information content (AvgIpc) is 3.15. The normalized spacial score (nSPS) is 13.6. The number of amides is 1. The summed E-state index contributed by atoms with van der Waals surface area (Å²) in [5, 5.41) is 12.0. The minimum atomic E-state index is -0.276. The highest BCUT2D eigenvalue weighted by atomic mass is 35.5. The zero-order valence-corrected chi connectivity index (χ0v) is 15.7. The lowest BCUT2D eigenvalue weighted by Crippen LogP contribution is -2.14. The minimum absolute atomic E-state index is 0.202. The first kappa shape index (κ1) is 17.6. The fraction of sp³-hybridized carbons (Fsp3) is 0.316. The van der Waals surface area contributed by atoms with Crippen molar-refractivity contribution in [2.75, 3.05) is 5.32 Å². The van der Waals surface area contributed by atoms with E-state index in [0.29, 0.717) is 22.2 Å². The number of ether oxygens (including phenoxy) is 1. The van der Waals surface area contributed by atoms with Gasteiger partial charge in [-0.1, -0.05) is 11.6 Å². The summed E-state index contributed by atoms with van der Waals surface area (Å²) in [6.45, 7) is 3.03. The Hall–Kier alpha value is -2.80. The van der Waals surface area contributed by atoms with Crippen molar-refractivity contribution in [3.05, 3.63) is 59.1 Å². The second-order valence-electron chi connectivity index (χ2n) is 6.77. The molecule has 0 atom stereocenters. The highest BCUT2D eigenvalue weighted by Crippen LogP contribution is 2.30. The maximum atomic E-state index is 12.3. The predicted molar refractivity (Wildman–Crippen MR) is 102 cm³/mol. The van der Waals surface area contributed by atoms with Crippen molar-refractivity contribution in [3.63, 3.8) is 0 Å². The molecule has 2 heterocycles. The molecule has 1 N–H and O–H groups in total. The van der Waals surface area contributed by atoms with Crippen molar-refractivity contribution in [3.8, 4) is 5.75 Å². The van der Waals surface area contributed by atoms with Crippen molar-refractivity contribution in [2.45, 2.75) is 33.0 Å². The molecule has 1 fully saturated rings. The molecule has 2 aromatic heterocycles. The molecule has 0 spiro atoms. The Morgan fingerprint density at radius 2 is 2.19 bits per heavy atom. The van der Waals surface area contributed by atoms with Gasteiger partial charge in [0.25, 0.3) is 5.91 Å². The molecular weight excluding hydrogens is 366 g/mol. The van der Waals surface area contributed by atoms with Crippen LogP contribution < -0.4 is 10.1 Å². The van der Waals surface area contributed by atoms with Crippen LogP contribution in [0.3, 0.4) is 0 Å². The van der Waals surface area contributed by atoms with Gasteiger partial charge in [-0.3, -0.25) is 9.48 Å². The quantitative estimate of drug-likeness (QED) is 0.672. The molecule has 0 unspecified atom stereocenters. The number of carbonyl (C=O) groups is 1. The summed E-state index contributed by atoms with van der Waals surface area (Å²) >= 11 is 6.01. The Labute approximate surface area is 161 Å². The average molecular weight is 386 g/mol. The van der Waals surface area contributed by atoms with Crippen molar-refractivity contribution in [2.24, 2.45) is 5.92 Å². The second-order valence-corrected chi connectivity index (χ2v) is 7.18. The van der Waals surface area contributed by atoms with E-state index in [-0.39, 0.29) is 12.6 Å². The summed E-state index contributed by atoms with van der Waals surface area (Å²) in [6, 6.07) is 7.10. The largest absolute Gasteiger partial charge is 0.471 e. The molecule has 1 aromatic carbocycles. The van der Waals surface area contributed by atoms with Gasteiger partial charge in [0.2, 0.25) is 0 Å². The third kappa shape index (κ3) is 4.49. The van der Waals surface area contributed by atoms with E-state index in [1.165, 1.54) is 12.8 Å². The molecule has 27 heavy (non-hydrogen) atoms. The van der Waals surface area contributed by atoms with Gasteiger partial charge in [-0.15, -0.1) is 0 Å². The molecule has 1 aliphatic carbocycles. The minimum Gasteiger partial charge on any atom is -0.471 e. The van der Waals surface area contributed by atoms with Crippen molar-refractivity contribution < 1.29 is 9.53 Å². The van der Waals surface area contributed by atoms with E-state index < -0.39 is 0 Å². The Kier molecular flexibility index (Phi) is 4.85. The number of rotatable bonds is 7. The van der Waals surface area contributed by atoms with Gasteiger partial charge in [0.05, 0.1) is 11.9 Å². The van der Waals surface area contributed by atoms with Gasteiger partial charge < -0.3 is 10.1 Å². The number of aryl methyl sites for hydroxylation is 1. The van der Waals surface area contributed by atoms with Crippen LogP contribution in [-0.2, 0) is 13.3 Å². The van der Waals surface area contributed by atoms with Crippen molar-refractivity contribution in [1.29, 1.82) is 0 Å². The van der Waals surface area contributed by atoms with Crippen LogP contribution in [0, 0.1) is 12.8 Å². The predicted octanol–water partition coefficient (Wildman–Crippen LogP) is 3.74. The van der Waals surface area contributed by atoms with Crippen molar-refractivity contribution in [1.82, 2.24) is 19.6 Å². The molecule has 4 rings (SSSR count). The Balaban J connectivity index is 1.33. The first-order chi connectivity index (χ1) is 13.1. The number of halogens is 1. The summed E-state index contributed by atoms with van der Waals surface area (Å²) in [5.41, 5.74) is 1.93. The van der Waals surface area contributed by atoms with Crippen LogP contribution in [0.1, 0.15) is 28.9 Å². The number of hydrogen-bond donors (Lipinski definition) is 1. The molecule has 0 radical (unpaired) electrons. The number of nitrogens with zero attached hydrogens (tertiary/aromatic N) is 4. The zero-order chi connectivity index (χ0) is 18.8. The molecule has 140 valence electrons. The number of aromatic nitrogens is 4. The Morgan fingerprint density at radius 1 is 1.33 bits per heavy atom. The molecule has 0 bridgehead atoms. The maximum absolute atomic E-state index is 12.3. The topological polar surface area (TPSA) is 74.0 Å². The first-order valence-electron chi connectivity index (χ1n) is 8.83. The fourth-order valence-electron chi connectivity index (χ4n) is 2.69. The van der Waals surface area contributed by atoms with Gasteiger partial charge >= 0.3 is 0 Å². The van der Waals surface area contributed by atoms with E-state index in [9.17, 15) is 4.79 Å². The smallest absolute Gasteiger partial charge is 0.276 e. The second kappa shape index (κ2) is 7.44. The molecule has 7 nitrogen and oxygen atoms in total. The SMILES string of the molecule is Cc1cc(OCn2ccc(C(=O)Nc3cnn(CC4CC4)c3)n2)ccc1Cl. The number of carbonyl (C=O) groups excluding carboxylic acids is 1. The van der Waals surface area contributed by atoms with Crippen LogP contribution in [0.4, 0.5) is 5.69 Å². The van der Waals surface area contributed by atoms with Gasteiger partial charge in [-0.05, 0) is 55.5 Å². The fourth-order valence-corrected chi connectivity index (χ4v) is 2.81. The lowest BCUT2D eigenvalue weighted by atomic mass is 10.2. The lowest BCUT2D eigenvalue weighted by molar-refractivity contribution is 0.102. The maximum Gasteiger partial charge on any atom is 0.276 e. The molecule has 0 aliphatic heterocycles. The van der Waals surface area contributed by atoms with Gasteiger partial charge in [0.15, 0.2) is 12.4 Å². The van der Waals surface area contributed by atoms with E-state index in [2.05, 4.69) is 15.5 Å². The number of anilines is 1. The van der Waals surface area contributed by atoms with Gasteiger partial charge in [0.1, 0.15) is 5.75 Å². The lowest BCUT2D eigenvalue weighted by Gasteiger charge is -2.07. The van der Waals surface area contributed by atoms with E-state index in [4.69, 9.17) is 16.3 Å². The molecule has 3 aromatic rings. The van der Waals surface area contributed by atoms with E-state index in [0.717, 1.165) is 18.0 Å². The van der Waals surface area contributed by atoms with Gasteiger partial charge in [-0.25, -0.2) is 4.68 Å². The van der Waals surface area contributed by atoms with Crippen LogP contribution >= 0.6 is 11.6 Å². The van der Waals surface area contributed by atoms with Crippen LogP contribution in [0.25, 0.3) is 0 Å². The number of benzene rings is 1. The summed E-state index contributed by atoms with van der Waals surface area (Å²) in [4.78, 5) is 12.3. The van der Waals surface area contributed by atoms with Crippen LogP contribution in [-0.4, -0.2) is 25.5 Å². The highest BCUT2D eigenvalue weighted by Gasteiger charge is 2.22. The molecule has 1 amide bonds. The summed E-state index contributed by atoms with van der Waals surface area (Å²) in [7, 11) is 0. The Morgan fingerprint density at radius 3 is 2.96 bits per heavy atom. The number of nitrogens with one attached hydrogen (secondary N) is 1. The molecule has 8 heteroatoms. The monoisotopic (exact) mass is 385 g/mol. The molecule has 1 saturated carbocycles. The van der Waals surface area contributed by atoms with Crippen LogP contribution in [0.5, 0.6) is 5.75 Å². The van der Waals surface area contributed by atoms with E-state index in [1.54, 1.807) is 35.3 Å². The third-order valence-corrected chi connectivity index (χ3v) is 4.82. The van der Waals surface area contributed by atoms with Crippen LogP contribution in [0.2, 0.25) is 5.02 Å². The third-order valence-electron chi connectivity index (χ3n) is 4.40. The zero-order valence-electron chi connectivity index (χ0n) is 14.9. The molecule has 0 saturated heterocycles. The summed E-state index contributed by atoms with van der Waals surface area (Å²) < 4.78 is 9.12.